The van der Waals surface area contributed by atoms with Crippen molar-refractivity contribution in [2.75, 3.05) is 10.6 Å². The lowest BCUT2D eigenvalue weighted by molar-refractivity contribution is -0.123. The van der Waals surface area contributed by atoms with Crippen LogP contribution in [0.1, 0.15) is 25.8 Å². The van der Waals surface area contributed by atoms with Crippen molar-refractivity contribution in [3.05, 3.63) is 29.8 Å². The number of rotatable bonds is 6. The van der Waals surface area contributed by atoms with Gasteiger partial charge in [-0.25, -0.2) is 0 Å². The van der Waals surface area contributed by atoms with E-state index in [0.29, 0.717) is 5.92 Å². The van der Waals surface area contributed by atoms with Crippen molar-refractivity contribution in [3.8, 4) is 0 Å². The van der Waals surface area contributed by atoms with Gasteiger partial charge in [-0.1, -0.05) is 41.9 Å². The Hall–Kier alpha value is -1.16. The molecule has 1 amide bonds. The molecule has 0 atom stereocenters. The molecule has 1 N–H and O–H groups in total. The number of nitrogens with one attached hydrogen (secondary N) is 1. The molecule has 0 aliphatic carbocycles. The molecule has 0 saturated heterocycles. The largest absolute Gasteiger partial charge is 0.326 e. The SMILES string of the molecule is CC(C)Cc1ccc(NC(=O)CC(=O)CBr)cc1. The van der Waals surface area contributed by atoms with Crippen molar-refractivity contribution >= 4 is 33.3 Å². The Labute approximate surface area is 116 Å². The summed E-state index contributed by atoms with van der Waals surface area (Å²) in [6.45, 7) is 4.34. The van der Waals surface area contributed by atoms with E-state index in [4.69, 9.17) is 0 Å². The first-order chi connectivity index (χ1) is 8.51. The predicted octanol–water partition coefficient (Wildman–Crippen LogP) is 3.18. The number of hydrogen-bond acceptors (Lipinski definition) is 2. The van der Waals surface area contributed by atoms with Gasteiger partial charge in [-0.3, -0.25) is 9.59 Å². The minimum Gasteiger partial charge on any atom is -0.326 e. The number of amides is 1. The van der Waals surface area contributed by atoms with Crippen LogP contribution in [0.25, 0.3) is 0 Å². The van der Waals surface area contributed by atoms with E-state index in [2.05, 4.69) is 35.1 Å². The van der Waals surface area contributed by atoms with Crippen molar-refractivity contribution < 1.29 is 9.59 Å². The zero-order chi connectivity index (χ0) is 13.5. The highest BCUT2D eigenvalue weighted by molar-refractivity contribution is 9.09. The first-order valence-electron chi connectivity index (χ1n) is 5.97. The van der Waals surface area contributed by atoms with Gasteiger partial charge < -0.3 is 5.32 Å². The first-order valence-corrected chi connectivity index (χ1v) is 7.10. The average molecular weight is 312 g/mol. The van der Waals surface area contributed by atoms with Gasteiger partial charge in [0.2, 0.25) is 5.91 Å². The highest BCUT2D eigenvalue weighted by Crippen LogP contribution is 2.13. The summed E-state index contributed by atoms with van der Waals surface area (Å²) in [5.41, 5.74) is 1.98. The minimum absolute atomic E-state index is 0.0843. The summed E-state index contributed by atoms with van der Waals surface area (Å²) in [5.74, 6) is 0.224. The van der Waals surface area contributed by atoms with Gasteiger partial charge in [0.1, 0.15) is 0 Å². The molecule has 0 aliphatic rings. The van der Waals surface area contributed by atoms with E-state index in [1.165, 1.54) is 5.56 Å². The minimum atomic E-state index is -0.268. The summed E-state index contributed by atoms with van der Waals surface area (Å²) >= 11 is 3.03. The molecule has 0 aromatic heterocycles. The molecule has 0 spiro atoms. The number of halogens is 1. The highest BCUT2D eigenvalue weighted by atomic mass is 79.9. The Morgan fingerprint density at radius 3 is 2.33 bits per heavy atom. The van der Waals surface area contributed by atoms with E-state index in [-0.39, 0.29) is 23.4 Å². The van der Waals surface area contributed by atoms with Crippen molar-refractivity contribution in [2.45, 2.75) is 26.7 Å². The monoisotopic (exact) mass is 311 g/mol. The standard InChI is InChI=1S/C14H18BrNO2/c1-10(2)7-11-3-5-12(6-4-11)16-14(18)8-13(17)9-15/h3-6,10H,7-9H2,1-2H3,(H,16,18). The molecule has 18 heavy (non-hydrogen) atoms. The molecule has 0 unspecified atom stereocenters. The van der Waals surface area contributed by atoms with Gasteiger partial charge in [-0.15, -0.1) is 0 Å². The number of hydrogen-bond donors (Lipinski definition) is 1. The van der Waals surface area contributed by atoms with E-state index in [0.717, 1.165) is 12.1 Å². The third kappa shape index (κ3) is 5.45. The molecule has 1 aromatic rings. The van der Waals surface area contributed by atoms with Crippen molar-refractivity contribution in [1.82, 2.24) is 0 Å². The van der Waals surface area contributed by atoms with Gasteiger partial charge in [-0.2, -0.15) is 0 Å². The zero-order valence-electron chi connectivity index (χ0n) is 10.7. The quantitative estimate of drug-likeness (QED) is 0.648. The molecule has 98 valence electrons. The Morgan fingerprint density at radius 1 is 1.22 bits per heavy atom. The van der Waals surface area contributed by atoms with Crippen LogP contribution in [0.4, 0.5) is 5.69 Å². The molecule has 1 rings (SSSR count). The molecular formula is C14H18BrNO2. The lowest BCUT2D eigenvalue weighted by Crippen LogP contribution is -2.16. The second-order valence-electron chi connectivity index (χ2n) is 4.69. The number of carbonyl (C=O) groups excluding carboxylic acids is 2. The number of anilines is 1. The molecule has 4 heteroatoms. The summed E-state index contributed by atoms with van der Waals surface area (Å²) in [5, 5.41) is 2.92. The van der Waals surface area contributed by atoms with Crippen LogP contribution in [-0.2, 0) is 16.0 Å². The van der Waals surface area contributed by atoms with Crippen LogP contribution in [0, 0.1) is 5.92 Å². The molecular weight excluding hydrogens is 294 g/mol. The van der Waals surface area contributed by atoms with Crippen LogP contribution in [0.2, 0.25) is 0 Å². The topological polar surface area (TPSA) is 46.2 Å². The Kier molecular flexibility index (Phi) is 6.05. The maximum atomic E-state index is 11.5. The molecule has 1 aromatic carbocycles. The molecule has 0 radical (unpaired) electrons. The van der Waals surface area contributed by atoms with Gasteiger partial charge in [-0.05, 0) is 30.0 Å². The van der Waals surface area contributed by atoms with Crippen molar-refractivity contribution in [1.29, 1.82) is 0 Å². The Bertz CT molecular complexity index is 412. The van der Waals surface area contributed by atoms with Gasteiger partial charge in [0.05, 0.1) is 11.8 Å². The maximum Gasteiger partial charge on any atom is 0.231 e. The van der Waals surface area contributed by atoms with Crippen molar-refractivity contribution in [3.63, 3.8) is 0 Å². The lowest BCUT2D eigenvalue weighted by atomic mass is 10.0. The molecule has 0 bridgehead atoms. The smallest absolute Gasteiger partial charge is 0.231 e. The lowest BCUT2D eigenvalue weighted by Gasteiger charge is -2.07. The fourth-order valence-corrected chi connectivity index (χ4v) is 1.83. The van der Waals surface area contributed by atoms with Crippen LogP contribution >= 0.6 is 15.9 Å². The predicted molar refractivity (Wildman–Crippen MR) is 77.0 cm³/mol. The number of carbonyl (C=O) groups is 2. The second-order valence-corrected chi connectivity index (χ2v) is 5.25. The zero-order valence-corrected chi connectivity index (χ0v) is 12.3. The summed E-state index contributed by atoms with van der Waals surface area (Å²) in [6.07, 6.45) is 0.940. The van der Waals surface area contributed by atoms with Crippen LogP contribution in [-0.4, -0.2) is 17.0 Å². The summed E-state index contributed by atoms with van der Waals surface area (Å²) in [6, 6.07) is 7.74. The third-order valence-corrected chi connectivity index (χ3v) is 3.01. The van der Waals surface area contributed by atoms with Crippen LogP contribution in [0.15, 0.2) is 24.3 Å². The summed E-state index contributed by atoms with van der Waals surface area (Å²) < 4.78 is 0. The van der Waals surface area contributed by atoms with Crippen molar-refractivity contribution in [2.24, 2.45) is 5.92 Å². The van der Waals surface area contributed by atoms with Gasteiger partial charge in [0.25, 0.3) is 0 Å². The molecule has 0 heterocycles. The van der Waals surface area contributed by atoms with E-state index in [1.54, 1.807) is 0 Å². The number of Topliss-reactive ketones (excluding diaryl/α,β-unsaturated/α-hetero) is 1. The molecule has 3 nitrogen and oxygen atoms in total. The van der Waals surface area contributed by atoms with Crippen LogP contribution in [0.3, 0.4) is 0 Å². The van der Waals surface area contributed by atoms with E-state index in [1.807, 2.05) is 24.3 Å². The van der Waals surface area contributed by atoms with E-state index < -0.39 is 0 Å². The second kappa shape index (κ2) is 7.31. The van der Waals surface area contributed by atoms with E-state index >= 15 is 0 Å². The van der Waals surface area contributed by atoms with Gasteiger partial charge in [0.15, 0.2) is 5.78 Å². The number of benzene rings is 1. The molecule has 0 aliphatic heterocycles. The third-order valence-electron chi connectivity index (χ3n) is 2.39. The molecule has 0 saturated carbocycles. The normalized spacial score (nSPS) is 10.4. The van der Waals surface area contributed by atoms with Gasteiger partial charge >= 0.3 is 0 Å². The first kappa shape index (κ1) is 14.9. The average Bonchev–Trinajstić information content (AvgIpc) is 2.30. The van der Waals surface area contributed by atoms with E-state index in [9.17, 15) is 9.59 Å². The Morgan fingerprint density at radius 2 is 1.83 bits per heavy atom. The molecule has 0 fully saturated rings. The Balaban J connectivity index is 2.53. The summed E-state index contributed by atoms with van der Waals surface area (Å²) in [4.78, 5) is 22.6. The fourth-order valence-electron chi connectivity index (χ4n) is 1.63. The number of ketones is 1. The van der Waals surface area contributed by atoms with Crippen LogP contribution < -0.4 is 5.32 Å². The maximum absolute atomic E-state index is 11.5. The highest BCUT2D eigenvalue weighted by Gasteiger charge is 2.08. The van der Waals surface area contributed by atoms with Crippen LogP contribution in [0.5, 0.6) is 0 Å². The fraction of sp³-hybridized carbons (Fsp3) is 0.429. The number of alkyl halides is 1. The van der Waals surface area contributed by atoms with Gasteiger partial charge in [0, 0.05) is 5.69 Å². The summed E-state index contributed by atoms with van der Waals surface area (Å²) in [7, 11) is 0.